The predicted octanol–water partition coefficient (Wildman–Crippen LogP) is 2.74. The SMILES string of the molecule is COc1c(B2OC(C)(C)C(C)(C)O2)cc(C#N)cc1C1CC1. The van der Waals surface area contributed by atoms with Crippen LogP contribution in [0, 0.1) is 11.3 Å². The van der Waals surface area contributed by atoms with Crippen molar-refractivity contribution in [3.63, 3.8) is 0 Å². The van der Waals surface area contributed by atoms with Crippen LogP contribution in [-0.2, 0) is 9.31 Å². The summed E-state index contributed by atoms with van der Waals surface area (Å²) in [6, 6.07) is 6.00. The average molecular weight is 299 g/mol. The lowest BCUT2D eigenvalue weighted by Gasteiger charge is -2.32. The van der Waals surface area contributed by atoms with Gasteiger partial charge in [-0.3, -0.25) is 0 Å². The summed E-state index contributed by atoms with van der Waals surface area (Å²) in [5.74, 6) is 1.30. The molecule has 22 heavy (non-hydrogen) atoms. The van der Waals surface area contributed by atoms with Gasteiger partial charge >= 0.3 is 7.12 Å². The maximum atomic E-state index is 9.33. The molecule has 0 amide bonds. The molecule has 0 atom stereocenters. The molecule has 1 aliphatic carbocycles. The third kappa shape index (κ3) is 2.41. The fourth-order valence-electron chi connectivity index (χ4n) is 2.82. The average Bonchev–Trinajstić information content (AvgIpc) is 3.25. The van der Waals surface area contributed by atoms with E-state index in [0.717, 1.165) is 29.6 Å². The van der Waals surface area contributed by atoms with E-state index in [-0.39, 0.29) is 0 Å². The van der Waals surface area contributed by atoms with Gasteiger partial charge in [-0.25, -0.2) is 0 Å². The first-order chi connectivity index (χ1) is 10.3. The molecule has 0 unspecified atom stereocenters. The van der Waals surface area contributed by atoms with Gasteiger partial charge in [0.05, 0.1) is 29.9 Å². The van der Waals surface area contributed by atoms with Crippen LogP contribution in [0.15, 0.2) is 12.1 Å². The lowest BCUT2D eigenvalue weighted by molar-refractivity contribution is 0.00578. The Labute approximate surface area is 132 Å². The number of hydrogen-bond donors (Lipinski definition) is 0. The summed E-state index contributed by atoms with van der Waals surface area (Å²) >= 11 is 0. The molecular formula is C17H22BNO3. The second kappa shape index (κ2) is 5.01. The highest BCUT2D eigenvalue weighted by molar-refractivity contribution is 6.63. The first-order valence-corrected chi connectivity index (χ1v) is 7.76. The first kappa shape index (κ1) is 15.4. The number of hydrogen-bond acceptors (Lipinski definition) is 4. The second-order valence-electron chi connectivity index (χ2n) is 7.16. The van der Waals surface area contributed by atoms with Crippen LogP contribution in [0.4, 0.5) is 0 Å². The lowest BCUT2D eigenvalue weighted by atomic mass is 9.76. The van der Waals surface area contributed by atoms with Gasteiger partial charge in [-0.05, 0) is 64.2 Å². The van der Waals surface area contributed by atoms with Crippen LogP contribution >= 0.6 is 0 Å². The molecule has 5 heteroatoms. The van der Waals surface area contributed by atoms with Crippen molar-refractivity contribution < 1.29 is 14.0 Å². The Kier molecular flexibility index (Phi) is 3.50. The Hall–Kier alpha value is -1.51. The van der Waals surface area contributed by atoms with E-state index in [4.69, 9.17) is 14.0 Å². The molecule has 0 aromatic heterocycles. The molecule has 1 aromatic rings. The lowest BCUT2D eigenvalue weighted by Crippen LogP contribution is -2.41. The molecule has 0 radical (unpaired) electrons. The quantitative estimate of drug-likeness (QED) is 0.805. The summed E-state index contributed by atoms with van der Waals surface area (Å²) in [4.78, 5) is 0. The van der Waals surface area contributed by atoms with Crippen molar-refractivity contribution in [3.05, 3.63) is 23.3 Å². The number of methoxy groups -OCH3 is 1. The summed E-state index contributed by atoms with van der Waals surface area (Å²) in [6.07, 6.45) is 2.29. The van der Waals surface area contributed by atoms with E-state index in [9.17, 15) is 5.26 Å². The van der Waals surface area contributed by atoms with Gasteiger partial charge < -0.3 is 14.0 Å². The molecule has 2 aliphatic rings. The fourth-order valence-corrected chi connectivity index (χ4v) is 2.82. The minimum atomic E-state index is -0.509. The molecule has 4 nitrogen and oxygen atoms in total. The van der Waals surface area contributed by atoms with Crippen LogP contribution in [0.25, 0.3) is 0 Å². The Bertz CT molecular complexity index is 628. The highest BCUT2D eigenvalue weighted by Crippen LogP contribution is 2.45. The molecule has 116 valence electrons. The third-order valence-corrected chi connectivity index (χ3v) is 5.00. The molecular weight excluding hydrogens is 277 g/mol. The molecule has 1 saturated carbocycles. The smallest absolute Gasteiger partial charge is 0.497 e. The minimum Gasteiger partial charge on any atom is -0.497 e. The second-order valence-corrected chi connectivity index (χ2v) is 7.16. The van der Waals surface area contributed by atoms with E-state index < -0.39 is 18.3 Å². The molecule has 1 aromatic carbocycles. The fraction of sp³-hybridized carbons (Fsp3) is 0.588. The van der Waals surface area contributed by atoms with E-state index in [1.54, 1.807) is 7.11 Å². The molecule has 0 bridgehead atoms. The van der Waals surface area contributed by atoms with Gasteiger partial charge in [-0.1, -0.05) is 0 Å². The van der Waals surface area contributed by atoms with Crippen LogP contribution in [0.2, 0.25) is 0 Å². The van der Waals surface area contributed by atoms with Gasteiger partial charge in [0.25, 0.3) is 0 Å². The van der Waals surface area contributed by atoms with Gasteiger partial charge in [-0.2, -0.15) is 5.26 Å². The van der Waals surface area contributed by atoms with Crippen molar-refractivity contribution in [1.82, 2.24) is 0 Å². The van der Waals surface area contributed by atoms with Gasteiger partial charge in [-0.15, -0.1) is 0 Å². The summed E-state index contributed by atoms with van der Waals surface area (Å²) in [7, 11) is 1.16. The minimum absolute atomic E-state index is 0.412. The van der Waals surface area contributed by atoms with E-state index in [2.05, 4.69) is 6.07 Å². The molecule has 1 heterocycles. The monoisotopic (exact) mass is 299 g/mol. The number of nitriles is 1. The Morgan fingerprint density at radius 3 is 2.23 bits per heavy atom. The molecule has 1 saturated heterocycles. The Morgan fingerprint density at radius 2 is 1.77 bits per heavy atom. The largest absolute Gasteiger partial charge is 0.498 e. The Balaban J connectivity index is 2.07. The summed E-state index contributed by atoms with van der Waals surface area (Å²) in [5.41, 5.74) is 1.73. The zero-order valence-corrected chi connectivity index (χ0v) is 13.9. The van der Waals surface area contributed by atoms with Crippen LogP contribution < -0.4 is 10.2 Å². The normalized spacial score (nSPS) is 22.5. The highest BCUT2D eigenvalue weighted by Gasteiger charge is 2.53. The van der Waals surface area contributed by atoms with Crippen molar-refractivity contribution in [2.75, 3.05) is 7.11 Å². The molecule has 2 fully saturated rings. The predicted molar refractivity (Wildman–Crippen MR) is 85.4 cm³/mol. The zero-order chi connectivity index (χ0) is 16.1. The standard InChI is InChI=1S/C17H22BNO3/c1-16(2)17(3,4)22-18(21-16)14-9-11(10-19)8-13(12-6-7-12)15(14)20-5/h8-9,12H,6-7H2,1-5H3. The Morgan fingerprint density at radius 1 is 1.18 bits per heavy atom. The van der Waals surface area contributed by atoms with Crippen LogP contribution in [-0.4, -0.2) is 25.4 Å². The maximum absolute atomic E-state index is 9.33. The first-order valence-electron chi connectivity index (χ1n) is 7.76. The van der Waals surface area contributed by atoms with E-state index >= 15 is 0 Å². The number of rotatable bonds is 3. The van der Waals surface area contributed by atoms with Gasteiger partial charge in [0.1, 0.15) is 5.75 Å². The zero-order valence-electron chi connectivity index (χ0n) is 13.9. The summed E-state index contributed by atoms with van der Waals surface area (Å²) < 4.78 is 17.9. The topological polar surface area (TPSA) is 51.5 Å². The van der Waals surface area contributed by atoms with E-state index in [0.29, 0.717) is 11.5 Å². The van der Waals surface area contributed by atoms with Crippen molar-refractivity contribution >= 4 is 12.6 Å². The maximum Gasteiger partial charge on any atom is 0.498 e. The summed E-state index contributed by atoms with van der Waals surface area (Å²) in [6.45, 7) is 8.09. The molecule has 3 rings (SSSR count). The van der Waals surface area contributed by atoms with Crippen molar-refractivity contribution in [2.45, 2.75) is 57.7 Å². The number of nitrogens with zero attached hydrogens (tertiary/aromatic N) is 1. The molecule has 0 spiro atoms. The van der Waals surface area contributed by atoms with Crippen molar-refractivity contribution in [3.8, 4) is 11.8 Å². The van der Waals surface area contributed by atoms with Crippen LogP contribution in [0.1, 0.15) is 57.6 Å². The van der Waals surface area contributed by atoms with Crippen LogP contribution in [0.5, 0.6) is 5.75 Å². The highest BCUT2D eigenvalue weighted by atomic mass is 16.7. The van der Waals surface area contributed by atoms with Gasteiger partial charge in [0, 0.05) is 5.46 Å². The van der Waals surface area contributed by atoms with Crippen LogP contribution in [0.3, 0.4) is 0 Å². The third-order valence-electron chi connectivity index (χ3n) is 5.00. The van der Waals surface area contributed by atoms with E-state index in [1.165, 1.54) is 0 Å². The number of ether oxygens (including phenoxy) is 1. The summed E-state index contributed by atoms with van der Waals surface area (Å²) in [5, 5.41) is 9.33. The van der Waals surface area contributed by atoms with E-state index in [1.807, 2.05) is 39.8 Å². The number of benzene rings is 1. The van der Waals surface area contributed by atoms with Crippen molar-refractivity contribution in [1.29, 1.82) is 5.26 Å². The van der Waals surface area contributed by atoms with Gasteiger partial charge in [0.15, 0.2) is 0 Å². The molecule has 0 N–H and O–H groups in total. The molecule has 1 aliphatic heterocycles. The van der Waals surface area contributed by atoms with Gasteiger partial charge in [0.2, 0.25) is 0 Å². The van der Waals surface area contributed by atoms with Crippen molar-refractivity contribution in [2.24, 2.45) is 0 Å².